The van der Waals surface area contributed by atoms with Crippen LogP contribution in [0.15, 0.2) is 0 Å². The summed E-state index contributed by atoms with van der Waals surface area (Å²) in [6, 6.07) is 0. The lowest BCUT2D eigenvalue weighted by molar-refractivity contribution is 0.240. The lowest BCUT2D eigenvalue weighted by Crippen LogP contribution is -2.33. The Balaban J connectivity index is 2.31. The average molecular weight is 156 g/mol. The molecule has 0 aromatic heterocycles. The molecule has 0 saturated heterocycles. The third-order valence-electron chi connectivity index (χ3n) is 2.84. The molecule has 1 aliphatic carbocycles. The standard InChI is InChI=1S/C9H20N2/c1-11-7-9-5-3-2-4-8(9)6-10/h8-9,11H,2-7,10H2,1H3. The molecule has 0 spiro atoms. The van der Waals surface area contributed by atoms with E-state index in [0.717, 1.165) is 24.9 Å². The monoisotopic (exact) mass is 156 g/mol. The zero-order valence-electron chi connectivity index (χ0n) is 7.47. The number of nitrogens with one attached hydrogen (secondary N) is 1. The zero-order valence-corrected chi connectivity index (χ0v) is 7.47. The normalized spacial score (nSPS) is 32.2. The Morgan fingerprint density at radius 3 is 2.45 bits per heavy atom. The summed E-state index contributed by atoms with van der Waals surface area (Å²) < 4.78 is 0. The van der Waals surface area contributed by atoms with E-state index in [4.69, 9.17) is 5.73 Å². The molecule has 0 heterocycles. The highest BCUT2D eigenvalue weighted by molar-refractivity contribution is 4.76. The molecule has 0 bridgehead atoms. The second kappa shape index (κ2) is 4.73. The molecule has 3 N–H and O–H groups in total. The summed E-state index contributed by atoms with van der Waals surface area (Å²) in [7, 11) is 2.03. The lowest BCUT2D eigenvalue weighted by Gasteiger charge is -2.30. The largest absolute Gasteiger partial charge is 0.330 e. The van der Waals surface area contributed by atoms with Gasteiger partial charge >= 0.3 is 0 Å². The molecule has 2 nitrogen and oxygen atoms in total. The van der Waals surface area contributed by atoms with Gasteiger partial charge in [0.2, 0.25) is 0 Å². The van der Waals surface area contributed by atoms with E-state index in [2.05, 4.69) is 5.32 Å². The van der Waals surface area contributed by atoms with Crippen molar-refractivity contribution in [1.82, 2.24) is 5.32 Å². The molecule has 0 radical (unpaired) electrons. The van der Waals surface area contributed by atoms with Gasteiger partial charge in [-0.15, -0.1) is 0 Å². The lowest BCUT2D eigenvalue weighted by atomic mass is 9.79. The molecule has 2 atom stereocenters. The van der Waals surface area contributed by atoms with Crippen LogP contribution >= 0.6 is 0 Å². The van der Waals surface area contributed by atoms with Crippen LogP contribution in [0.2, 0.25) is 0 Å². The Hall–Kier alpha value is -0.0800. The third kappa shape index (κ3) is 2.46. The van der Waals surface area contributed by atoms with Gasteiger partial charge in [-0.25, -0.2) is 0 Å². The van der Waals surface area contributed by atoms with Crippen molar-refractivity contribution in [3.63, 3.8) is 0 Å². The fourth-order valence-corrected chi connectivity index (χ4v) is 2.13. The van der Waals surface area contributed by atoms with Gasteiger partial charge in [-0.1, -0.05) is 12.8 Å². The molecule has 66 valence electrons. The van der Waals surface area contributed by atoms with Crippen LogP contribution in [0.3, 0.4) is 0 Å². The van der Waals surface area contributed by atoms with Crippen LogP contribution in [-0.4, -0.2) is 20.1 Å². The topological polar surface area (TPSA) is 38.0 Å². The molecule has 0 aromatic rings. The number of rotatable bonds is 3. The Morgan fingerprint density at radius 2 is 1.91 bits per heavy atom. The fourth-order valence-electron chi connectivity index (χ4n) is 2.13. The van der Waals surface area contributed by atoms with Crippen molar-refractivity contribution in [1.29, 1.82) is 0 Å². The van der Waals surface area contributed by atoms with Gasteiger partial charge in [0, 0.05) is 0 Å². The highest BCUT2D eigenvalue weighted by Crippen LogP contribution is 2.28. The van der Waals surface area contributed by atoms with E-state index in [9.17, 15) is 0 Å². The molecular weight excluding hydrogens is 136 g/mol. The predicted molar refractivity (Wildman–Crippen MR) is 48.4 cm³/mol. The van der Waals surface area contributed by atoms with Crippen molar-refractivity contribution in [3.05, 3.63) is 0 Å². The Morgan fingerprint density at radius 1 is 1.27 bits per heavy atom. The van der Waals surface area contributed by atoms with Crippen molar-refractivity contribution in [2.75, 3.05) is 20.1 Å². The minimum Gasteiger partial charge on any atom is -0.330 e. The van der Waals surface area contributed by atoms with Crippen LogP contribution in [0, 0.1) is 11.8 Å². The summed E-state index contributed by atoms with van der Waals surface area (Å²) in [5.74, 6) is 1.63. The maximum Gasteiger partial charge on any atom is -0.00204 e. The minimum atomic E-state index is 0.788. The molecule has 0 aliphatic heterocycles. The van der Waals surface area contributed by atoms with Gasteiger partial charge in [-0.05, 0) is 44.8 Å². The summed E-state index contributed by atoms with van der Waals surface area (Å²) >= 11 is 0. The SMILES string of the molecule is CNCC1CCCCC1CN. The van der Waals surface area contributed by atoms with Gasteiger partial charge in [0.05, 0.1) is 0 Å². The first-order valence-electron chi connectivity index (χ1n) is 4.73. The molecule has 1 fully saturated rings. The summed E-state index contributed by atoms with van der Waals surface area (Å²) in [6.07, 6.45) is 5.52. The van der Waals surface area contributed by atoms with E-state index in [1.807, 2.05) is 7.05 Å². The van der Waals surface area contributed by atoms with Crippen LogP contribution in [-0.2, 0) is 0 Å². The van der Waals surface area contributed by atoms with Gasteiger partial charge in [-0.3, -0.25) is 0 Å². The third-order valence-corrected chi connectivity index (χ3v) is 2.84. The van der Waals surface area contributed by atoms with Crippen molar-refractivity contribution in [3.8, 4) is 0 Å². The molecule has 11 heavy (non-hydrogen) atoms. The van der Waals surface area contributed by atoms with E-state index in [-0.39, 0.29) is 0 Å². The molecule has 0 amide bonds. The molecule has 1 aliphatic rings. The molecule has 1 rings (SSSR count). The van der Waals surface area contributed by atoms with E-state index < -0.39 is 0 Å². The summed E-state index contributed by atoms with van der Waals surface area (Å²) in [6.45, 7) is 2.04. The summed E-state index contributed by atoms with van der Waals surface area (Å²) in [4.78, 5) is 0. The minimum absolute atomic E-state index is 0.788. The van der Waals surface area contributed by atoms with E-state index in [0.29, 0.717) is 0 Å². The van der Waals surface area contributed by atoms with E-state index >= 15 is 0 Å². The second-order valence-corrected chi connectivity index (χ2v) is 3.60. The van der Waals surface area contributed by atoms with Gasteiger partial charge in [0.1, 0.15) is 0 Å². The van der Waals surface area contributed by atoms with Gasteiger partial charge in [0.15, 0.2) is 0 Å². The first-order chi connectivity index (χ1) is 5.38. The number of hydrogen-bond donors (Lipinski definition) is 2. The van der Waals surface area contributed by atoms with Crippen LogP contribution in [0.4, 0.5) is 0 Å². The Labute approximate surface area is 69.5 Å². The van der Waals surface area contributed by atoms with Crippen molar-refractivity contribution in [2.24, 2.45) is 17.6 Å². The number of nitrogens with two attached hydrogens (primary N) is 1. The molecule has 2 heteroatoms. The zero-order chi connectivity index (χ0) is 8.10. The van der Waals surface area contributed by atoms with Gasteiger partial charge < -0.3 is 11.1 Å². The summed E-state index contributed by atoms with van der Waals surface area (Å²) in [5.41, 5.74) is 5.70. The average Bonchev–Trinajstić information content (AvgIpc) is 2.06. The van der Waals surface area contributed by atoms with Gasteiger partial charge in [0.25, 0.3) is 0 Å². The van der Waals surface area contributed by atoms with E-state index in [1.165, 1.54) is 25.7 Å². The fraction of sp³-hybridized carbons (Fsp3) is 1.00. The molecule has 1 saturated carbocycles. The Bertz CT molecular complexity index is 102. The van der Waals surface area contributed by atoms with E-state index in [1.54, 1.807) is 0 Å². The van der Waals surface area contributed by atoms with Crippen LogP contribution in [0.25, 0.3) is 0 Å². The van der Waals surface area contributed by atoms with Crippen LogP contribution in [0.1, 0.15) is 25.7 Å². The maximum absolute atomic E-state index is 5.70. The van der Waals surface area contributed by atoms with Crippen LogP contribution < -0.4 is 11.1 Å². The quantitative estimate of drug-likeness (QED) is 0.639. The highest BCUT2D eigenvalue weighted by Gasteiger charge is 2.22. The molecule has 2 unspecified atom stereocenters. The maximum atomic E-state index is 5.70. The highest BCUT2D eigenvalue weighted by atomic mass is 14.8. The Kier molecular flexibility index (Phi) is 3.87. The molecule has 0 aromatic carbocycles. The van der Waals surface area contributed by atoms with Gasteiger partial charge in [-0.2, -0.15) is 0 Å². The predicted octanol–water partition coefficient (Wildman–Crippen LogP) is 0.971. The summed E-state index contributed by atoms with van der Waals surface area (Å²) in [5, 5.41) is 3.25. The first-order valence-corrected chi connectivity index (χ1v) is 4.73. The smallest absolute Gasteiger partial charge is 0.00204 e. The van der Waals surface area contributed by atoms with Crippen LogP contribution in [0.5, 0.6) is 0 Å². The van der Waals surface area contributed by atoms with Crippen molar-refractivity contribution < 1.29 is 0 Å². The molecular formula is C9H20N2. The van der Waals surface area contributed by atoms with Crippen molar-refractivity contribution >= 4 is 0 Å². The second-order valence-electron chi connectivity index (χ2n) is 3.60. The number of hydrogen-bond acceptors (Lipinski definition) is 2. The van der Waals surface area contributed by atoms with Crippen molar-refractivity contribution in [2.45, 2.75) is 25.7 Å². The first kappa shape index (κ1) is 9.01.